The second-order valence-corrected chi connectivity index (χ2v) is 18.3. The molecule has 0 spiro atoms. The molecule has 0 fully saturated rings. The van der Waals surface area contributed by atoms with Gasteiger partial charge in [0.15, 0.2) is 6.10 Å². The van der Waals surface area contributed by atoms with E-state index in [0.717, 1.165) is 89.9 Å². The van der Waals surface area contributed by atoms with Crippen LogP contribution < -0.4 is 4.89 Å². The third kappa shape index (κ3) is 45.2. The number of ether oxygens (including phenoxy) is 2. The van der Waals surface area contributed by atoms with Gasteiger partial charge < -0.3 is 33.0 Å². The predicted octanol–water partition coefficient (Wildman–Crippen LogP) is 12.3. The third-order valence-electron chi connectivity index (χ3n) is 9.80. The molecule has 356 valence electrons. The minimum Gasteiger partial charge on any atom is -0.756 e. The van der Waals surface area contributed by atoms with Crippen LogP contribution in [0.15, 0.2) is 85.1 Å². The van der Waals surface area contributed by atoms with Crippen molar-refractivity contribution < 1.29 is 47.2 Å². The van der Waals surface area contributed by atoms with Crippen molar-refractivity contribution >= 4 is 19.8 Å². The molecule has 0 aliphatic carbocycles. The van der Waals surface area contributed by atoms with Crippen LogP contribution in [-0.4, -0.2) is 81.2 Å². The Balaban J connectivity index is 4.45. The van der Waals surface area contributed by atoms with Crippen LogP contribution in [0.5, 0.6) is 0 Å². The van der Waals surface area contributed by atoms with Gasteiger partial charge >= 0.3 is 11.9 Å². The second kappa shape index (κ2) is 42.1. The third-order valence-corrected chi connectivity index (χ3v) is 10.8. The van der Waals surface area contributed by atoms with E-state index >= 15 is 0 Å². The average Bonchev–Trinajstić information content (AvgIpc) is 3.23. The number of phosphoric acid groups is 1. The summed E-state index contributed by atoms with van der Waals surface area (Å²) < 4.78 is 33.9. The number of hydrogen-bond acceptors (Lipinski definition) is 9. The van der Waals surface area contributed by atoms with Crippen molar-refractivity contribution in [1.29, 1.82) is 0 Å². The molecule has 62 heavy (non-hydrogen) atoms. The van der Waals surface area contributed by atoms with Crippen molar-refractivity contribution in [3.63, 3.8) is 0 Å². The van der Waals surface area contributed by atoms with Crippen molar-refractivity contribution in [3.8, 4) is 0 Å². The molecule has 0 aliphatic heterocycles. The Bertz CT molecular complexity index is 1340. The number of carbonyl (C=O) groups is 2. The van der Waals surface area contributed by atoms with Crippen LogP contribution in [0.3, 0.4) is 0 Å². The number of rotatable bonds is 42. The monoisotopic (exact) mass is 890 g/mol. The maximum atomic E-state index is 12.7. The average molecular weight is 890 g/mol. The van der Waals surface area contributed by atoms with E-state index in [9.17, 15) is 24.2 Å². The summed E-state index contributed by atoms with van der Waals surface area (Å²) in [5, 5.41) is 9.57. The molecule has 0 amide bonds. The zero-order valence-corrected chi connectivity index (χ0v) is 40.5. The number of hydrogen-bond donors (Lipinski definition) is 1. The van der Waals surface area contributed by atoms with Gasteiger partial charge in [-0.1, -0.05) is 144 Å². The summed E-state index contributed by atoms with van der Waals surface area (Å²) in [6, 6.07) is 0. The smallest absolute Gasteiger partial charge is 0.306 e. The molecule has 0 bridgehead atoms. The minimum absolute atomic E-state index is 0.0525. The first-order valence-electron chi connectivity index (χ1n) is 23.9. The topological polar surface area (TPSA) is 131 Å². The largest absolute Gasteiger partial charge is 0.756 e. The molecule has 0 radical (unpaired) electrons. The maximum Gasteiger partial charge on any atom is 0.306 e. The number of nitrogens with zero attached hydrogens (tertiary/aromatic N) is 1. The Morgan fingerprint density at radius 2 is 1.03 bits per heavy atom. The molecule has 0 aromatic rings. The van der Waals surface area contributed by atoms with E-state index in [1.165, 1.54) is 32.1 Å². The molecule has 1 N–H and O–H groups in total. The number of quaternary nitrogens is 1. The van der Waals surface area contributed by atoms with Crippen LogP contribution >= 0.6 is 7.82 Å². The Labute approximate surface area is 378 Å². The molecule has 0 heterocycles. The summed E-state index contributed by atoms with van der Waals surface area (Å²) in [6.45, 7) is 3.83. The zero-order chi connectivity index (χ0) is 45.8. The Hall–Kier alpha value is -2.85. The van der Waals surface area contributed by atoms with Gasteiger partial charge in [-0.15, -0.1) is 0 Å². The first-order valence-corrected chi connectivity index (χ1v) is 25.3. The van der Waals surface area contributed by atoms with Crippen LogP contribution in [0.1, 0.15) is 168 Å². The molecule has 3 atom stereocenters. The SMILES string of the molecule is CCCCCC/C=C\C/C=C\C/C=C\CCCCCCCCC(=O)O[C@H](COC(=O)CCC/C=C\C/C=C\C/C=C\C/C=C\CC[C@@H](O)CC)COP(=O)([O-])OCC[N+](C)(C)C. The van der Waals surface area contributed by atoms with Gasteiger partial charge in [-0.05, 0) is 96.3 Å². The van der Waals surface area contributed by atoms with E-state index in [4.69, 9.17) is 18.5 Å². The quantitative estimate of drug-likeness (QED) is 0.0209. The van der Waals surface area contributed by atoms with E-state index in [0.29, 0.717) is 30.3 Å². The summed E-state index contributed by atoms with van der Waals surface area (Å²) in [5.74, 6) is -0.940. The fourth-order valence-corrected chi connectivity index (χ4v) is 6.60. The highest BCUT2D eigenvalue weighted by molar-refractivity contribution is 7.45. The molecule has 0 saturated heterocycles. The van der Waals surface area contributed by atoms with E-state index in [2.05, 4.69) is 85.9 Å². The number of esters is 2. The normalized spacial score (nSPS) is 14.8. The molecular weight excluding hydrogens is 802 g/mol. The van der Waals surface area contributed by atoms with Crippen LogP contribution in [0.4, 0.5) is 0 Å². The van der Waals surface area contributed by atoms with Gasteiger partial charge in [-0.25, -0.2) is 0 Å². The lowest BCUT2D eigenvalue weighted by atomic mass is 10.1. The molecule has 1 unspecified atom stereocenters. The summed E-state index contributed by atoms with van der Waals surface area (Å²) in [7, 11) is 1.09. The van der Waals surface area contributed by atoms with Crippen molar-refractivity contribution in [2.24, 2.45) is 0 Å². The van der Waals surface area contributed by atoms with Crippen molar-refractivity contribution in [3.05, 3.63) is 85.1 Å². The molecule has 0 saturated carbocycles. The molecule has 0 aromatic carbocycles. The van der Waals surface area contributed by atoms with Crippen LogP contribution in [0.2, 0.25) is 0 Å². The number of allylic oxidation sites excluding steroid dienone is 14. The van der Waals surface area contributed by atoms with E-state index in [-0.39, 0.29) is 32.2 Å². The number of carbonyl (C=O) groups excluding carboxylic acids is 2. The van der Waals surface area contributed by atoms with Gasteiger partial charge in [0.05, 0.1) is 33.9 Å². The van der Waals surface area contributed by atoms with Crippen LogP contribution in [0.25, 0.3) is 0 Å². The predicted molar refractivity (Wildman–Crippen MR) is 255 cm³/mol. The lowest BCUT2D eigenvalue weighted by Gasteiger charge is -2.28. The number of likely N-dealkylation sites (N-methyl/N-ethyl adjacent to an activating group) is 1. The van der Waals surface area contributed by atoms with Crippen molar-refractivity contribution in [1.82, 2.24) is 0 Å². The Morgan fingerprint density at radius 3 is 1.55 bits per heavy atom. The number of aliphatic hydroxyl groups excluding tert-OH is 1. The lowest BCUT2D eigenvalue weighted by molar-refractivity contribution is -0.870. The van der Waals surface area contributed by atoms with E-state index < -0.39 is 32.5 Å². The number of phosphoric ester groups is 1. The van der Waals surface area contributed by atoms with E-state index in [1.54, 1.807) is 0 Å². The molecule has 0 aliphatic rings. The van der Waals surface area contributed by atoms with Gasteiger partial charge in [0.2, 0.25) is 0 Å². The van der Waals surface area contributed by atoms with E-state index in [1.807, 2.05) is 34.1 Å². The van der Waals surface area contributed by atoms with Crippen molar-refractivity contribution in [2.75, 3.05) is 47.5 Å². The van der Waals surface area contributed by atoms with Gasteiger partial charge in [0, 0.05) is 12.8 Å². The number of unbranched alkanes of at least 4 members (excludes halogenated alkanes) is 11. The maximum absolute atomic E-state index is 12.7. The molecule has 10 nitrogen and oxygen atoms in total. The fourth-order valence-electron chi connectivity index (χ4n) is 5.87. The fraction of sp³-hybridized carbons (Fsp3) is 0.686. The molecule has 0 rings (SSSR count). The number of aliphatic hydroxyl groups is 1. The first-order chi connectivity index (χ1) is 29.9. The summed E-state index contributed by atoms with van der Waals surface area (Å²) in [4.78, 5) is 37.6. The highest BCUT2D eigenvalue weighted by atomic mass is 31.2. The second-order valence-electron chi connectivity index (χ2n) is 16.9. The van der Waals surface area contributed by atoms with Crippen LogP contribution in [0, 0.1) is 0 Å². The zero-order valence-electron chi connectivity index (χ0n) is 39.6. The summed E-state index contributed by atoms with van der Waals surface area (Å²) in [6.07, 6.45) is 51.3. The molecule has 0 aromatic heterocycles. The van der Waals surface area contributed by atoms with Gasteiger partial charge in [0.25, 0.3) is 7.82 Å². The van der Waals surface area contributed by atoms with Crippen molar-refractivity contribution in [2.45, 2.75) is 180 Å². The standard InChI is InChI=1S/C51H88NO9P/c1-6-8-9-10-11-12-13-14-15-16-17-18-19-20-25-28-31-34-37-40-43-51(55)61-49(47-60-62(56,57)59-45-44-52(3,4)5)46-58-50(54)42-39-36-33-30-27-24-22-21-23-26-29-32-35-38-41-48(53)7-2/h12-13,15-16,18-19,22-24,26,30,32-33,35,48-49,53H,6-11,14,17,20-21,25,27-29,31,34,36-47H2,1-5H3/b13-12-,16-15-,19-18-,24-22-,26-23-,33-30-,35-32-/t48-,49+/m0/s1. The lowest BCUT2D eigenvalue weighted by Crippen LogP contribution is -2.37. The Morgan fingerprint density at radius 1 is 0.581 bits per heavy atom. The molecular formula is C51H88NO9P. The highest BCUT2D eigenvalue weighted by Gasteiger charge is 2.21. The summed E-state index contributed by atoms with van der Waals surface area (Å²) in [5.41, 5.74) is 0. The first kappa shape index (κ1) is 59.1. The van der Waals surface area contributed by atoms with Gasteiger partial charge in [-0.3, -0.25) is 14.2 Å². The van der Waals surface area contributed by atoms with Gasteiger partial charge in [0.1, 0.15) is 19.8 Å². The minimum atomic E-state index is -4.66. The summed E-state index contributed by atoms with van der Waals surface area (Å²) >= 11 is 0. The van der Waals surface area contributed by atoms with Gasteiger partial charge in [-0.2, -0.15) is 0 Å². The molecule has 11 heteroatoms. The highest BCUT2D eigenvalue weighted by Crippen LogP contribution is 2.38. The Kier molecular flexibility index (Phi) is 40.2. The van der Waals surface area contributed by atoms with Crippen LogP contribution in [-0.2, 0) is 32.7 Å².